The Kier molecular flexibility index (Phi) is 4.83. The van der Waals surface area contributed by atoms with E-state index in [0.29, 0.717) is 0 Å². The highest BCUT2D eigenvalue weighted by atomic mass is 79.9. The number of alkyl halides is 1. The van der Waals surface area contributed by atoms with Gasteiger partial charge in [0, 0.05) is 15.9 Å². The first kappa shape index (κ1) is 16.2. The molecule has 0 radical (unpaired) electrons. The van der Waals surface area contributed by atoms with Gasteiger partial charge in [0.2, 0.25) is 0 Å². The Morgan fingerprint density at radius 1 is 1.16 bits per heavy atom. The Morgan fingerprint density at radius 2 is 1.68 bits per heavy atom. The maximum atomic E-state index is 12.5. The van der Waals surface area contributed by atoms with Gasteiger partial charge in [-0.1, -0.05) is 61.8 Å². The number of carbonyl (C=O) groups excluding carboxylic acids is 1. The maximum Gasteiger partial charge on any atom is 0.252 e. The second kappa shape index (κ2) is 5.66. The quantitative estimate of drug-likeness (QED) is 0.826. The van der Waals surface area contributed by atoms with Crippen molar-refractivity contribution in [3.05, 3.63) is 35.4 Å². The third-order valence-electron chi connectivity index (χ3n) is 3.41. The van der Waals surface area contributed by atoms with Gasteiger partial charge in [-0.25, -0.2) is 0 Å². The second-order valence-electron chi connectivity index (χ2n) is 6.59. The highest BCUT2D eigenvalue weighted by Gasteiger charge is 2.28. The predicted octanol–water partition coefficient (Wildman–Crippen LogP) is 4.28. The molecule has 1 atom stereocenters. The average Bonchev–Trinajstić information content (AvgIpc) is 2.27. The Bertz CT molecular complexity index is 458. The van der Waals surface area contributed by atoms with Crippen molar-refractivity contribution in [2.24, 2.45) is 0 Å². The number of benzene rings is 1. The third-order valence-corrected chi connectivity index (χ3v) is 4.55. The van der Waals surface area contributed by atoms with Gasteiger partial charge in [0.15, 0.2) is 0 Å². The summed E-state index contributed by atoms with van der Waals surface area (Å²) in [6.07, 6.45) is 0. The van der Waals surface area contributed by atoms with Crippen molar-refractivity contribution in [2.45, 2.75) is 57.3 Å². The standard InChI is InChI=1S/C16H24BrNO/c1-11(17)16(5,6)18-14(19)12-9-7-8-10-13(12)15(2,3)4/h7-11H,1-6H3,(H,18,19). The summed E-state index contributed by atoms with van der Waals surface area (Å²) in [6.45, 7) is 12.4. The summed E-state index contributed by atoms with van der Waals surface area (Å²) in [7, 11) is 0. The molecule has 0 aliphatic rings. The third kappa shape index (κ3) is 4.07. The number of halogens is 1. The minimum Gasteiger partial charge on any atom is -0.346 e. The van der Waals surface area contributed by atoms with Gasteiger partial charge in [-0.05, 0) is 30.9 Å². The predicted molar refractivity (Wildman–Crippen MR) is 85.1 cm³/mol. The first-order valence-corrected chi connectivity index (χ1v) is 7.53. The molecule has 0 heterocycles. The lowest BCUT2D eigenvalue weighted by Gasteiger charge is -2.30. The van der Waals surface area contributed by atoms with Crippen LogP contribution in [-0.2, 0) is 5.41 Å². The van der Waals surface area contributed by atoms with Crippen LogP contribution in [0.2, 0.25) is 0 Å². The van der Waals surface area contributed by atoms with Crippen molar-refractivity contribution < 1.29 is 4.79 Å². The minimum absolute atomic E-state index is 0.0122. The Labute approximate surface area is 125 Å². The molecule has 0 aromatic heterocycles. The zero-order valence-electron chi connectivity index (χ0n) is 12.7. The summed E-state index contributed by atoms with van der Waals surface area (Å²) < 4.78 is 0. The smallest absolute Gasteiger partial charge is 0.252 e. The molecule has 1 aromatic rings. The fourth-order valence-corrected chi connectivity index (χ4v) is 1.91. The highest BCUT2D eigenvalue weighted by molar-refractivity contribution is 9.09. The van der Waals surface area contributed by atoms with Crippen LogP contribution in [0.5, 0.6) is 0 Å². The van der Waals surface area contributed by atoms with Gasteiger partial charge in [0.05, 0.1) is 0 Å². The Morgan fingerprint density at radius 3 is 2.16 bits per heavy atom. The van der Waals surface area contributed by atoms with Crippen molar-refractivity contribution >= 4 is 21.8 Å². The number of amides is 1. The lowest BCUT2D eigenvalue weighted by atomic mass is 9.83. The molecule has 19 heavy (non-hydrogen) atoms. The summed E-state index contributed by atoms with van der Waals surface area (Å²) in [4.78, 5) is 12.7. The van der Waals surface area contributed by atoms with Crippen molar-refractivity contribution in [3.63, 3.8) is 0 Å². The number of hydrogen-bond acceptors (Lipinski definition) is 1. The molecule has 0 saturated carbocycles. The summed E-state index contributed by atoms with van der Waals surface area (Å²) in [5.41, 5.74) is 1.50. The van der Waals surface area contributed by atoms with Crippen LogP contribution in [0.1, 0.15) is 57.5 Å². The van der Waals surface area contributed by atoms with E-state index in [4.69, 9.17) is 0 Å². The van der Waals surface area contributed by atoms with E-state index in [9.17, 15) is 4.79 Å². The molecule has 0 fully saturated rings. The molecule has 1 amide bonds. The number of hydrogen-bond donors (Lipinski definition) is 1. The average molecular weight is 326 g/mol. The van der Waals surface area contributed by atoms with E-state index < -0.39 is 0 Å². The Hall–Kier alpha value is -0.830. The monoisotopic (exact) mass is 325 g/mol. The molecule has 1 N–H and O–H groups in total. The van der Waals surface area contributed by atoms with Crippen molar-refractivity contribution in [3.8, 4) is 0 Å². The number of nitrogens with one attached hydrogen (secondary N) is 1. The van der Waals surface area contributed by atoms with Gasteiger partial charge in [-0.3, -0.25) is 4.79 Å². The normalized spacial score (nSPS) is 14.1. The molecule has 0 spiro atoms. The van der Waals surface area contributed by atoms with E-state index in [1.807, 2.05) is 45.0 Å². The zero-order valence-corrected chi connectivity index (χ0v) is 14.3. The van der Waals surface area contributed by atoms with E-state index in [1.165, 1.54) is 0 Å². The van der Waals surface area contributed by atoms with E-state index in [2.05, 4.69) is 42.0 Å². The first-order chi connectivity index (χ1) is 8.55. The molecule has 0 aliphatic carbocycles. The SMILES string of the molecule is CC(Br)C(C)(C)NC(=O)c1ccccc1C(C)(C)C. The fourth-order valence-electron chi connectivity index (χ4n) is 1.79. The Balaban J connectivity index is 3.08. The van der Waals surface area contributed by atoms with Crippen LogP contribution in [0.3, 0.4) is 0 Å². The van der Waals surface area contributed by atoms with Crippen LogP contribution in [-0.4, -0.2) is 16.3 Å². The molecular weight excluding hydrogens is 302 g/mol. The van der Waals surface area contributed by atoms with Crippen molar-refractivity contribution in [1.29, 1.82) is 0 Å². The number of carbonyl (C=O) groups is 1. The first-order valence-electron chi connectivity index (χ1n) is 6.62. The maximum absolute atomic E-state index is 12.5. The zero-order chi connectivity index (χ0) is 14.8. The largest absolute Gasteiger partial charge is 0.346 e. The van der Waals surface area contributed by atoms with Gasteiger partial charge in [0.25, 0.3) is 5.91 Å². The molecule has 1 aromatic carbocycles. The molecule has 0 aliphatic heterocycles. The van der Waals surface area contributed by atoms with E-state index >= 15 is 0 Å². The van der Waals surface area contributed by atoms with Crippen LogP contribution < -0.4 is 5.32 Å². The van der Waals surface area contributed by atoms with Crippen molar-refractivity contribution in [2.75, 3.05) is 0 Å². The van der Waals surface area contributed by atoms with Gasteiger partial charge in [0.1, 0.15) is 0 Å². The van der Waals surface area contributed by atoms with Crippen LogP contribution in [0.25, 0.3) is 0 Å². The molecule has 0 bridgehead atoms. The lowest BCUT2D eigenvalue weighted by Crippen LogP contribution is -2.49. The van der Waals surface area contributed by atoms with E-state index in [1.54, 1.807) is 0 Å². The van der Waals surface area contributed by atoms with Gasteiger partial charge < -0.3 is 5.32 Å². The van der Waals surface area contributed by atoms with Crippen LogP contribution in [0.4, 0.5) is 0 Å². The minimum atomic E-state index is -0.290. The lowest BCUT2D eigenvalue weighted by molar-refractivity contribution is 0.0911. The highest BCUT2D eigenvalue weighted by Crippen LogP contribution is 2.26. The van der Waals surface area contributed by atoms with Crippen molar-refractivity contribution in [1.82, 2.24) is 5.32 Å². The van der Waals surface area contributed by atoms with Gasteiger partial charge in [-0.2, -0.15) is 0 Å². The summed E-state index contributed by atoms with van der Waals surface area (Å²) in [6, 6.07) is 7.81. The van der Waals surface area contributed by atoms with Crippen LogP contribution in [0.15, 0.2) is 24.3 Å². The number of rotatable bonds is 3. The second-order valence-corrected chi connectivity index (χ2v) is 7.96. The summed E-state index contributed by atoms with van der Waals surface area (Å²) in [5, 5.41) is 3.10. The molecule has 0 saturated heterocycles. The molecule has 1 rings (SSSR count). The van der Waals surface area contributed by atoms with E-state index in [0.717, 1.165) is 11.1 Å². The molecule has 1 unspecified atom stereocenters. The van der Waals surface area contributed by atoms with Gasteiger partial charge >= 0.3 is 0 Å². The fraction of sp³-hybridized carbons (Fsp3) is 0.562. The molecular formula is C16H24BrNO. The topological polar surface area (TPSA) is 29.1 Å². The van der Waals surface area contributed by atoms with Crippen LogP contribution in [0, 0.1) is 0 Å². The van der Waals surface area contributed by atoms with Crippen LogP contribution >= 0.6 is 15.9 Å². The summed E-state index contributed by atoms with van der Waals surface area (Å²) in [5.74, 6) is -0.0122. The molecule has 106 valence electrons. The molecule has 3 heteroatoms. The molecule has 2 nitrogen and oxygen atoms in total. The van der Waals surface area contributed by atoms with Gasteiger partial charge in [-0.15, -0.1) is 0 Å². The van der Waals surface area contributed by atoms with E-state index in [-0.39, 0.29) is 21.7 Å². The summed E-state index contributed by atoms with van der Waals surface area (Å²) >= 11 is 3.54.